The lowest BCUT2D eigenvalue weighted by Crippen LogP contribution is -2.21. The van der Waals surface area contributed by atoms with Gasteiger partial charge in [-0.05, 0) is 38.1 Å². The van der Waals surface area contributed by atoms with Crippen molar-refractivity contribution in [3.63, 3.8) is 0 Å². The van der Waals surface area contributed by atoms with Gasteiger partial charge < -0.3 is 4.90 Å². The lowest BCUT2D eigenvalue weighted by Gasteiger charge is -2.21. The number of anilines is 2. The number of benzene rings is 2. The van der Waals surface area contributed by atoms with Crippen molar-refractivity contribution in [2.24, 2.45) is 5.10 Å². The largest absolute Gasteiger partial charge is 0.372 e. The minimum absolute atomic E-state index is 0.273. The Morgan fingerprint density at radius 2 is 1.81 bits per heavy atom. The highest BCUT2D eigenvalue weighted by Gasteiger charge is 2.10. The molecule has 0 atom stereocenters. The molecule has 1 heterocycles. The maximum atomic E-state index is 9.46. The van der Waals surface area contributed by atoms with Gasteiger partial charge in [-0.3, -0.25) is 5.43 Å². The topological polar surface area (TPSA) is 64.3 Å². The van der Waals surface area contributed by atoms with Crippen LogP contribution in [0.4, 0.5) is 11.4 Å². The summed E-state index contributed by atoms with van der Waals surface area (Å²) in [6.45, 7) is 6.20. The zero-order valence-electron chi connectivity index (χ0n) is 15.4. The van der Waals surface area contributed by atoms with Gasteiger partial charge in [0.2, 0.25) is 0 Å². The quantitative estimate of drug-likeness (QED) is 0.466. The van der Waals surface area contributed by atoms with E-state index >= 15 is 0 Å². The van der Waals surface area contributed by atoms with E-state index in [1.165, 1.54) is 17.0 Å². The summed E-state index contributed by atoms with van der Waals surface area (Å²) in [5.74, 6) is 0. The summed E-state index contributed by atoms with van der Waals surface area (Å²) < 4.78 is 0. The van der Waals surface area contributed by atoms with Gasteiger partial charge in [0.1, 0.15) is 6.07 Å². The van der Waals surface area contributed by atoms with E-state index in [9.17, 15) is 5.26 Å². The molecule has 136 valence electrons. The third kappa shape index (κ3) is 4.52. The first-order chi connectivity index (χ1) is 13.2. The van der Waals surface area contributed by atoms with Crippen LogP contribution in [0.15, 0.2) is 65.1 Å². The molecule has 3 aromatic rings. The van der Waals surface area contributed by atoms with E-state index in [2.05, 4.69) is 40.3 Å². The van der Waals surface area contributed by atoms with Crippen molar-refractivity contribution in [1.29, 1.82) is 5.26 Å². The number of nitrogens with zero attached hydrogens (tertiary/aromatic N) is 4. The van der Waals surface area contributed by atoms with Crippen LogP contribution < -0.4 is 10.3 Å². The van der Waals surface area contributed by atoms with Crippen LogP contribution in [0.1, 0.15) is 18.9 Å². The van der Waals surface area contributed by atoms with Gasteiger partial charge in [0.15, 0.2) is 10.7 Å². The van der Waals surface area contributed by atoms with Gasteiger partial charge >= 0.3 is 0 Å². The summed E-state index contributed by atoms with van der Waals surface area (Å²) >= 11 is 1.41. The minimum atomic E-state index is 0.273. The summed E-state index contributed by atoms with van der Waals surface area (Å²) in [5, 5.41) is 16.2. The number of nitrogens with one attached hydrogen (secondary N) is 1. The Morgan fingerprint density at radius 1 is 1.11 bits per heavy atom. The molecule has 0 bridgehead atoms. The van der Waals surface area contributed by atoms with Crippen molar-refractivity contribution in [3.05, 3.63) is 65.0 Å². The highest BCUT2D eigenvalue weighted by Crippen LogP contribution is 2.22. The van der Waals surface area contributed by atoms with Crippen LogP contribution in [0.5, 0.6) is 0 Å². The van der Waals surface area contributed by atoms with Crippen LogP contribution in [0.2, 0.25) is 0 Å². The van der Waals surface area contributed by atoms with Crippen LogP contribution in [0.25, 0.3) is 11.3 Å². The maximum absolute atomic E-state index is 9.46. The Hall–Kier alpha value is -3.17. The number of nitriles is 1. The number of thiazole rings is 1. The molecular formula is C21H21N5S. The third-order valence-electron chi connectivity index (χ3n) is 4.17. The van der Waals surface area contributed by atoms with E-state index in [0.717, 1.165) is 30.0 Å². The fourth-order valence-corrected chi connectivity index (χ4v) is 3.47. The molecule has 1 aromatic heterocycles. The fraction of sp³-hybridized carbons (Fsp3) is 0.190. The van der Waals surface area contributed by atoms with Gasteiger partial charge in [0, 0.05) is 29.7 Å². The molecule has 0 saturated carbocycles. The second kappa shape index (κ2) is 8.97. The second-order valence-electron chi connectivity index (χ2n) is 5.81. The molecule has 0 aliphatic rings. The summed E-state index contributed by atoms with van der Waals surface area (Å²) in [7, 11) is 0. The molecule has 0 unspecified atom stereocenters. The Bertz CT molecular complexity index is 935. The molecule has 0 aliphatic heterocycles. The van der Waals surface area contributed by atoms with E-state index in [-0.39, 0.29) is 5.71 Å². The van der Waals surface area contributed by atoms with Crippen molar-refractivity contribution < 1.29 is 0 Å². The summed E-state index contributed by atoms with van der Waals surface area (Å²) in [6, 6.07) is 20.1. The molecule has 0 radical (unpaired) electrons. The first-order valence-electron chi connectivity index (χ1n) is 8.85. The smallest absolute Gasteiger partial charge is 0.196 e. The van der Waals surface area contributed by atoms with E-state index in [1.54, 1.807) is 0 Å². The molecular weight excluding hydrogens is 354 g/mol. The van der Waals surface area contributed by atoms with Gasteiger partial charge in [-0.1, -0.05) is 30.3 Å². The van der Waals surface area contributed by atoms with Crippen LogP contribution in [-0.2, 0) is 0 Å². The average Bonchev–Trinajstić information content (AvgIpc) is 3.21. The van der Waals surface area contributed by atoms with Gasteiger partial charge in [-0.25, -0.2) is 4.98 Å². The fourth-order valence-electron chi connectivity index (χ4n) is 2.70. The van der Waals surface area contributed by atoms with Crippen molar-refractivity contribution >= 4 is 28.4 Å². The first kappa shape index (κ1) is 18.6. The van der Waals surface area contributed by atoms with Crippen molar-refractivity contribution in [1.82, 2.24) is 4.98 Å². The van der Waals surface area contributed by atoms with Crippen LogP contribution >= 0.6 is 11.3 Å². The van der Waals surface area contributed by atoms with E-state index in [4.69, 9.17) is 0 Å². The van der Waals surface area contributed by atoms with E-state index in [0.29, 0.717) is 5.01 Å². The molecule has 3 rings (SSSR count). The molecule has 5 nitrogen and oxygen atoms in total. The van der Waals surface area contributed by atoms with Crippen molar-refractivity contribution in [2.45, 2.75) is 13.8 Å². The van der Waals surface area contributed by atoms with E-state index in [1.807, 2.05) is 60.0 Å². The predicted octanol–water partition coefficient (Wildman–Crippen LogP) is 5.00. The molecule has 2 aromatic carbocycles. The molecule has 0 amide bonds. The Kier molecular flexibility index (Phi) is 6.18. The number of aromatic nitrogens is 1. The summed E-state index contributed by atoms with van der Waals surface area (Å²) in [6.07, 6.45) is 0. The zero-order chi connectivity index (χ0) is 19.1. The standard InChI is InChI=1S/C21H21N5S/c1-3-26(4-2)18-12-10-17(11-13-18)24-25-19(14-22)21-23-20(15-27-21)16-8-6-5-7-9-16/h5-13,15,24H,3-4H2,1-2H3/b25-19-. The van der Waals surface area contributed by atoms with Crippen molar-refractivity contribution in [2.75, 3.05) is 23.4 Å². The van der Waals surface area contributed by atoms with Crippen molar-refractivity contribution in [3.8, 4) is 17.3 Å². The minimum Gasteiger partial charge on any atom is -0.372 e. The number of hydrogen-bond donors (Lipinski definition) is 1. The first-order valence-corrected chi connectivity index (χ1v) is 9.73. The average molecular weight is 376 g/mol. The highest BCUT2D eigenvalue weighted by atomic mass is 32.1. The molecule has 0 spiro atoms. The zero-order valence-corrected chi connectivity index (χ0v) is 16.2. The lowest BCUT2D eigenvalue weighted by molar-refractivity contribution is 0.866. The SMILES string of the molecule is CCN(CC)c1ccc(N/N=C(/C#N)c2nc(-c3ccccc3)cs2)cc1. The van der Waals surface area contributed by atoms with Crippen LogP contribution in [-0.4, -0.2) is 23.8 Å². The normalized spacial score (nSPS) is 11.1. The summed E-state index contributed by atoms with van der Waals surface area (Å²) in [4.78, 5) is 6.81. The van der Waals surface area contributed by atoms with Gasteiger partial charge in [0.25, 0.3) is 0 Å². The summed E-state index contributed by atoms with van der Waals surface area (Å²) in [5.41, 5.74) is 7.11. The number of hydrazone groups is 1. The molecule has 0 saturated heterocycles. The molecule has 1 N–H and O–H groups in total. The third-order valence-corrected chi connectivity index (χ3v) is 5.02. The molecule has 27 heavy (non-hydrogen) atoms. The number of hydrogen-bond acceptors (Lipinski definition) is 6. The van der Waals surface area contributed by atoms with Gasteiger partial charge in [-0.2, -0.15) is 10.4 Å². The Labute approximate surface area is 163 Å². The number of rotatable bonds is 7. The van der Waals surface area contributed by atoms with Crippen LogP contribution in [0, 0.1) is 11.3 Å². The van der Waals surface area contributed by atoms with Gasteiger partial charge in [0.05, 0.1) is 11.4 Å². The van der Waals surface area contributed by atoms with Gasteiger partial charge in [-0.15, -0.1) is 11.3 Å². The highest BCUT2D eigenvalue weighted by molar-refractivity contribution is 7.12. The Balaban J connectivity index is 1.74. The van der Waals surface area contributed by atoms with Crippen LogP contribution in [0.3, 0.4) is 0 Å². The predicted molar refractivity (Wildman–Crippen MR) is 113 cm³/mol. The van der Waals surface area contributed by atoms with E-state index < -0.39 is 0 Å². The molecule has 0 fully saturated rings. The Morgan fingerprint density at radius 3 is 2.44 bits per heavy atom. The maximum Gasteiger partial charge on any atom is 0.196 e. The monoisotopic (exact) mass is 375 g/mol. The molecule has 0 aliphatic carbocycles. The molecule has 6 heteroatoms. The second-order valence-corrected chi connectivity index (χ2v) is 6.67. The lowest BCUT2D eigenvalue weighted by atomic mass is 10.2.